The maximum atomic E-state index is 5.80. The molecule has 642 valence electrons. The summed E-state index contributed by atoms with van der Waals surface area (Å²) in [4.78, 5) is 24.6. The summed E-state index contributed by atoms with van der Waals surface area (Å²) >= 11 is 7.26. The third-order valence-corrected chi connectivity index (χ3v) is 33.4. The van der Waals surface area contributed by atoms with Gasteiger partial charge in [-0.05, 0) is 216 Å². The Morgan fingerprint density at radius 1 is 0.266 bits per heavy atom. The molecule has 8 heteroatoms. The first-order valence-corrected chi connectivity index (χ1v) is 50.0. The molecule has 0 fully saturated rings. The van der Waals surface area contributed by atoms with Gasteiger partial charge in [-0.15, -0.1) is 22.7 Å². The molecule has 5 heterocycles. The number of hydrogen-bond acceptors (Lipinski definition) is 6. The standard InChI is InChI=1S/C65H37N3S.C45H25BrN2S.C21H13/c1-2-18-40-37-57-50(36-39(40)17-1)60-41-19-4-3-16-38(41)34-35-56(60)68(57)55-32-15-24-42-45(55)25-13-26-46(42)61-62(67-64-63(66-61)48-23-8-12-33-58(48)69-64)49-27-14-31-54-59(49)47-22-7-11-30-53(47)65(54)51-28-9-5-20-43(51)44-21-6-10-29-52(44)65;46-38-24-11-16-26-29(38)17-9-18-30(26)41-42(48-44-43(47-41)32-15-4-8-25-39(32)49-44)33-19-10-23-37-40(33)31-14-3-7-22-36(31)45(37)34-20-5-1-12-27(34)28-13-2-6-21-35(28)45;1-2-7-16-13-20-18(11-15(16)6-1)12-17-10-9-14-5-3-4-8-19(14)21(17)20/h1-37H;1-25H;1-8,10-11,13H,12H2/q;;+1. The van der Waals surface area contributed by atoms with Crippen molar-refractivity contribution in [3.05, 3.63) is 526 Å². The number of nitrogens with zero attached hydrogens (tertiary/aromatic N) is 5. The lowest BCUT2D eigenvalue weighted by atomic mass is 9.70. The summed E-state index contributed by atoms with van der Waals surface area (Å²) in [5.41, 5.74) is 41.3. The molecule has 6 aliphatic rings. The van der Waals surface area contributed by atoms with Gasteiger partial charge in [0.1, 0.15) is 20.7 Å². The Kier molecular flexibility index (Phi) is 17.0. The molecule has 0 radical (unpaired) electrons. The zero-order valence-electron chi connectivity index (χ0n) is 74.8. The minimum atomic E-state index is -0.474. The van der Waals surface area contributed by atoms with Crippen LogP contribution in [0.4, 0.5) is 0 Å². The second-order valence-corrected chi connectivity index (χ2v) is 40.3. The van der Waals surface area contributed by atoms with E-state index in [1.165, 1.54) is 186 Å². The Balaban J connectivity index is 0.000000112. The van der Waals surface area contributed by atoms with Crippen LogP contribution in [0.1, 0.15) is 66.8 Å². The Hall–Kier alpha value is -16.8. The molecule has 5 nitrogen and oxygen atoms in total. The third-order valence-electron chi connectivity index (χ3n) is 30.6. The number of aromatic nitrogens is 5. The molecule has 5 aromatic heterocycles. The first kappa shape index (κ1) is 78.5. The van der Waals surface area contributed by atoms with Crippen LogP contribution in [0.3, 0.4) is 0 Å². The van der Waals surface area contributed by atoms with Crippen molar-refractivity contribution in [3.8, 4) is 95.2 Å². The smallest absolute Gasteiger partial charge is 0.155 e. The highest BCUT2D eigenvalue weighted by Gasteiger charge is 2.54. The van der Waals surface area contributed by atoms with Crippen LogP contribution in [0.15, 0.2) is 453 Å². The molecular weight excluding hydrogens is 1790 g/mol. The normalized spacial score (nSPS) is 13.6. The van der Waals surface area contributed by atoms with Crippen LogP contribution in [-0.2, 0) is 17.3 Å². The molecule has 32 rings (SSSR count). The first-order chi connectivity index (χ1) is 68.9. The van der Waals surface area contributed by atoms with Crippen LogP contribution in [-0.4, -0.2) is 24.5 Å². The molecule has 0 aliphatic heterocycles. The van der Waals surface area contributed by atoms with E-state index in [2.05, 4.69) is 469 Å². The summed E-state index contributed by atoms with van der Waals surface area (Å²) in [5, 5.41) is 17.0. The summed E-state index contributed by atoms with van der Waals surface area (Å²) in [6.07, 6.45) is 6.62. The number of halogens is 1. The van der Waals surface area contributed by atoms with E-state index in [4.69, 9.17) is 19.9 Å². The van der Waals surface area contributed by atoms with Crippen LogP contribution in [0.2, 0.25) is 0 Å². The van der Waals surface area contributed by atoms with Crippen LogP contribution < -0.4 is 0 Å². The van der Waals surface area contributed by atoms with Gasteiger partial charge in [0, 0.05) is 92.8 Å². The summed E-state index contributed by atoms with van der Waals surface area (Å²) < 4.78 is 5.95. The number of fused-ring (bicyclic) bond motifs is 39. The van der Waals surface area contributed by atoms with Crippen molar-refractivity contribution < 1.29 is 0 Å². The van der Waals surface area contributed by atoms with E-state index in [-0.39, 0.29) is 0 Å². The highest BCUT2D eigenvalue weighted by Crippen LogP contribution is 2.67. The fraction of sp³-hybridized carbons (Fsp3) is 0.0229. The van der Waals surface area contributed by atoms with Crippen LogP contribution in [0.5, 0.6) is 0 Å². The van der Waals surface area contributed by atoms with Gasteiger partial charge < -0.3 is 4.57 Å². The molecule has 0 saturated carbocycles. The van der Waals surface area contributed by atoms with E-state index >= 15 is 0 Å². The van der Waals surface area contributed by atoms with Crippen molar-refractivity contribution in [2.75, 3.05) is 0 Å². The lowest BCUT2D eigenvalue weighted by Crippen LogP contribution is -2.25. The summed E-state index contributed by atoms with van der Waals surface area (Å²) in [6, 6.07) is 160. The molecule has 26 aromatic rings. The lowest BCUT2D eigenvalue weighted by molar-refractivity contribution is 0.794. The molecule has 0 N–H and O–H groups in total. The maximum absolute atomic E-state index is 5.80. The molecule has 0 amide bonds. The molecule has 2 spiro atoms. The van der Waals surface area contributed by atoms with Crippen LogP contribution >= 0.6 is 38.6 Å². The van der Waals surface area contributed by atoms with Crippen molar-refractivity contribution in [1.29, 1.82) is 0 Å². The minimum absolute atomic E-state index is 0.422. The van der Waals surface area contributed by atoms with Crippen LogP contribution in [0.25, 0.3) is 217 Å². The van der Waals surface area contributed by atoms with Gasteiger partial charge in [-0.2, -0.15) is 0 Å². The quantitative estimate of drug-likeness (QED) is 0.161. The fourth-order valence-corrected chi connectivity index (χ4v) is 27.5. The van der Waals surface area contributed by atoms with E-state index in [9.17, 15) is 0 Å². The first-order valence-electron chi connectivity index (χ1n) is 47.6. The predicted octanol–water partition coefficient (Wildman–Crippen LogP) is 34.4. The number of benzene rings is 21. The molecule has 0 bridgehead atoms. The maximum Gasteiger partial charge on any atom is 0.155 e. The van der Waals surface area contributed by atoms with Gasteiger partial charge >= 0.3 is 0 Å². The number of thiophene rings is 2. The summed E-state index contributed by atoms with van der Waals surface area (Å²) in [6.45, 7) is 0. The molecular formula is C131H75BrN5S2+. The molecule has 21 aromatic carbocycles. The van der Waals surface area contributed by atoms with Gasteiger partial charge in [0.05, 0.1) is 67.5 Å². The predicted molar refractivity (Wildman–Crippen MR) is 583 cm³/mol. The summed E-state index contributed by atoms with van der Waals surface area (Å²) in [7, 11) is 0. The SMILES string of the molecule is Brc1cccc2c(-c3nc4c(nc3-c3cccc5c3-c3ccccc3C53c5ccccc5-c5ccccc53)sc3ccccc34)cccc12.[C+]1=CC2=C(c3ccccc31)c1cc3ccccc3cc1C2.c1ccc2c(c1)-c1ccccc1C21c2ccccc2-c2c(-c3nc4sc5ccccc5c4nc3-c3cccc4c(-n5c6cc7ccccc7cc6c6c7ccccc7ccc65)cccc34)cccc21. The van der Waals surface area contributed by atoms with Crippen molar-refractivity contribution in [2.45, 2.75) is 17.3 Å². The second kappa shape index (κ2) is 30.1. The highest BCUT2D eigenvalue weighted by atomic mass is 79.9. The average molecular weight is 1860 g/mol. The van der Waals surface area contributed by atoms with E-state index in [1.807, 2.05) is 0 Å². The van der Waals surface area contributed by atoms with Gasteiger partial charge in [0.25, 0.3) is 0 Å². The van der Waals surface area contributed by atoms with Crippen molar-refractivity contribution in [3.63, 3.8) is 0 Å². The summed E-state index contributed by atoms with van der Waals surface area (Å²) in [5.74, 6) is 0. The Morgan fingerprint density at radius 3 is 1.22 bits per heavy atom. The van der Waals surface area contributed by atoms with Crippen LogP contribution in [0, 0.1) is 6.08 Å². The average Bonchev–Trinajstić information content (AvgIpc) is 1.51. The van der Waals surface area contributed by atoms with E-state index in [0.29, 0.717) is 0 Å². The number of hydrogen-bond donors (Lipinski definition) is 0. The minimum Gasteiger partial charge on any atom is -0.309 e. The lowest BCUT2D eigenvalue weighted by Gasteiger charge is -2.30. The molecule has 0 atom stereocenters. The zero-order valence-corrected chi connectivity index (χ0v) is 78.0. The van der Waals surface area contributed by atoms with Gasteiger partial charge in [-0.3, -0.25) is 0 Å². The Morgan fingerprint density at radius 2 is 0.655 bits per heavy atom. The van der Waals surface area contributed by atoms with Gasteiger partial charge in [-0.25, -0.2) is 19.9 Å². The highest BCUT2D eigenvalue weighted by molar-refractivity contribution is 9.10. The van der Waals surface area contributed by atoms with Crippen molar-refractivity contribution >= 4 is 161 Å². The van der Waals surface area contributed by atoms with Crippen molar-refractivity contribution in [1.82, 2.24) is 24.5 Å². The van der Waals surface area contributed by atoms with Crippen molar-refractivity contribution in [2.24, 2.45) is 0 Å². The topological polar surface area (TPSA) is 56.5 Å². The van der Waals surface area contributed by atoms with Gasteiger partial charge in [0.2, 0.25) is 0 Å². The molecule has 139 heavy (non-hydrogen) atoms. The van der Waals surface area contributed by atoms with Gasteiger partial charge in [0.15, 0.2) is 5.56 Å². The fourth-order valence-electron chi connectivity index (χ4n) is 24.9. The number of rotatable bonds is 5. The third kappa shape index (κ3) is 11.1. The van der Waals surface area contributed by atoms with Gasteiger partial charge in [-0.1, -0.05) is 374 Å². The molecule has 0 saturated heterocycles. The number of allylic oxidation sites excluding steroid dienone is 2. The molecule has 6 aliphatic carbocycles. The van der Waals surface area contributed by atoms with E-state index < -0.39 is 10.8 Å². The molecule has 0 unspecified atom stereocenters. The monoisotopic (exact) mass is 1860 g/mol. The van der Waals surface area contributed by atoms with E-state index in [0.717, 1.165) is 115 Å². The van der Waals surface area contributed by atoms with E-state index in [1.54, 1.807) is 22.7 Å². The zero-order chi connectivity index (χ0) is 91.0. The Labute approximate surface area is 816 Å². The second-order valence-electron chi connectivity index (χ2n) is 37.4. The largest absolute Gasteiger partial charge is 0.309 e. The Bertz CT molecular complexity index is 9920.